The van der Waals surface area contributed by atoms with Crippen LogP contribution in [0.3, 0.4) is 0 Å². The van der Waals surface area contributed by atoms with E-state index in [0.29, 0.717) is 5.82 Å². The van der Waals surface area contributed by atoms with Crippen LogP contribution in [-0.2, 0) is 11.3 Å². The van der Waals surface area contributed by atoms with Crippen molar-refractivity contribution in [1.29, 1.82) is 0 Å². The van der Waals surface area contributed by atoms with Crippen LogP contribution in [0.25, 0.3) is 11.4 Å². The van der Waals surface area contributed by atoms with Crippen LogP contribution >= 0.6 is 15.9 Å². The molecule has 0 bridgehead atoms. The van der Waals surface area contributed by atoms with Crippen molar-refractivity contribution in [3.8, 4) is 11.4 Å². The topological polar surface area (TPSA) is 72.7 Å². The van der Waals surface area contributed by atoms with Gasteiger partial charge in [0.05, 0.1) is 0 Å². The van der Waals surface area contributed by atoms with Crippen LogP contribution in [-0.4, -0.2) is 26.1 Å². The second kappa shape index (κ2) is 7.14. The van der Waals surface area contributed by atoms with Crippen LogP contribution in [0.2, 0.25) is 0 Å². The van der Waals surface area contributed by atoms with Crippen molar-refractivity contribution in [2.75, 3.05) is 5.32 Å². The Morgan fingerprint density at radius 1 is 1.12 bits per heavy atom. The number of tetrazole rings is 1. The third-order valence-electron chi connectivity index (χ3n) is 3.87. The monoisotopic (exact) mass is 399 g/mol. The molecule has 7 heteroatoms. The van der Waals surface area contributed by atoms with E-state index in [2.05, 4.69) is 36.8 Å². The normalized spacial score (nSPS) is 10.7. The minimum absolute atomic E-state index is 0.0468. The van der Waals surface area contributed by atoms with Crippen LogP contribution < -0.4 is 5.32 Å². The number of carbonyl (C=O) groups excluding carboxylic acids is 1. The quantitative estimate of drug-likeness (QED) is 0.726. The largest absolute Gasteiger partial charge is 0.324 e. The maximum atomic E-state index is 12.5. The summed E-state index contributed by atoms with van der Waals surface area (Å²) in [6, 6.07) is 11.7. The Morgan fingerprint density at radius 2 is 1.76 bits per heavy atom. The predicted octanol–water partition coefficient (Wildman–Crippen LogP) is 3.67. The van der Waals surface area contributed by atoms with Crippen LogP contribution in [0.1, 0.15) is 16.7 Å². The fourth-order valence-electron chi connectivity index (χ4n) is 2.81. The SMILES string of the molecule is Cc1cc(C)c(NC(=O)Cn2nnnc2-c2ccc(Br)cc2)c(C)c1. The number of amides is 1. The van der Waals surface area contributed by atoms with Gasteiger partial charge in [-0.05, 0) is 54.5 Å². The Morgan fingerprint density at radius 3 is 2.40 bits per heavy atom. The van der Waals surface area contributed by atoms with Crippen molar-refractivity contribution in [3.05, 3.63) is 57.6 Å². The van der Waals surface area contributed by atoms with E-state index >= 15 is 0 Å². The van der Waals surface area contributed by atoms with E-state index in [0.717, 1.165) is 26.9 Å². The summed E-state index contributed by atoms with van der Waals surface area (Å²) in [6.07, 6.45) is 0. The average molecular weight is 400 g/mol. The van der Waals surface area contributed by atoms with Crippen LogP contribution in [0, 0.1) is 20.8 Å². The van der Waals surface area contributed by atoms with E-state index in [4.69, 9.17) is 0 Å². The molecule has 0 saturated heterocycles. The fraction of sp³-hybridized carbons (Fsp3) is 0.222. The first-order chi connectivity index (χ1) is 11.9. The number of benzene rings is 2. The molecule has 0 aliphatic heterocycles. The molecular weight excluding hydrogens is 382 g/mol. The first kappa shape index (κ1) is 17.3. The maximum Gasteiger partial charge on any atom is 0.246 e. The Kier molecular flexibility index (Phi) is 4.94. The lowest BCUT2D eigenvalue weighted by molar-refractivity contribution is -0.116. The van der Waals surface area contributed by atoms with Crippen molar-refractivity contribution in [3.63, 3.8) is 0 Å². The highest BCUT2D eigenvalue weighted by atomic mass is 79.9. The summed E-state index contributed by atoms with van der Waals surface area (Å²) in [5.41, 5.74) is 4.94. The molecular formula is C18H18BrN5O. The highest BCUT2D eigenvalue weighted by Crippen LogP contribution is 2.22. The number of anilines is 1. The zero-order valence-electron chi connectivity index (χ0n) is 14.2. The van der Waals surface area contributed by atoms with Gasteiger partial charge in [0.1, 0.15) is 6.54 Å². The number of halogens is 1. The van der Waals surface area contributed by atoms with E-state index in [-0.39, 0.29) is 12.5 Å². The second-order valence-corrected chi connectivity index (χ2v) is 6.90. The molecule has 1 amide bonds. The van der Waals surface area contributed by atoms with Crippen molar-refractivity contribution in [1.82, 2.24) is 20.2 Å². The maximum absolute atomic E-state index is 12.5. The lowest BCUT2D eigenvalue weighted by Gasteiger charge is -2.13. The van der Waals surface area contributed by atoms with E-state index in [1.54, 1.807) is 0 Å². The number of carbonyl (C=O) groups is 1. The zero-order chi connectivity index (χ0) is 18.0. The van der Waals surface area contributed by atoms with E-state index in [9.17, 15) is 4.79 Å². The molecule has 2 aromatic carbocycles. The lowest BCUT2D eigenvalue weighted by Crippen LogP contribution is -2.21. The fourth-order valence-corrected chi connectivity index (χ4v) is 3.07. The molecule has 0 spiro atoms. The molecule has 0 radical (unpaired) electrons. The molecule has 3 rings (SSSR count). The molecule has 3 aromatic rings. The summed E-state index contributed by atoms with van der Waals surface area (Å²) in [4.78, 5) is 12.5. The summed E-state index contributed by atoms with van der Waals surface area (Å²) >= 11 is 3.40. The predicted molar refractivity (Wildman–Crippen MR) is 100 cm³/mol. The smallest absolute Gasteiger partial charge is 0.246 e. The molecule has 0 aliphatic rings. The summed E-state index contributed by atoms with van der Waals surface area (Å²) in [7, 11) is 0. The first-order valence-electron chi connectivity index (χ1n) is 7.84. The van der Waals surface area contributed by atoms with Gasteiger partial charge >= 0.3 is 0 Å². The van der Waals surface area contributed by atoms with Crippen molar-refractivity contribution >= 4 is 27.5 Å². The third-order valence-corrected chi connectivity index (χ3v) is 4.40. The molecule has 0 saturated carbocycles. The Labute approximate surface area is 154 Å². The average Bonchev–Trinajstić information content (AvgIpc) is 2.99. The zero-order valence-corrected chi connectivity index (χ0v) is 15.8. The standard InChI is InChI=1S/C18H18BrN5O/c1-11-8-12(2)17(13(3)9-11)20-16(25)10-24-18(21-22-23-24)14-4-6-15(19)7-5-14/h4-9H,10H2,1-3H3,(H,20,25). The number of rotatable bonds is 4. The number of hydrogen-bond acceptors (Lipinski definition) is 4. The van der Waals surface area contributed by atoms with Crippen LogP contribution in [0.5, 0.6) is 0 Å². The lowest BCUT2D eigenvalue weighted by atomic mass is 10.1. The first-order valence-corrected chi connectivity index (χ1v) is 8.63. The van der Waals surface area contributed by atoms with Gasteiger partial charge in [0.2, 0.25) is 5.91 Å². The number of nitrogens with zero attached hydrogens (tertiary/aromatic N) is 4. The molecule has 1 aromatic heterocycles. The molecule has 0 unspecified atom stereocenters. The molecule has 128 valence electrons. The molecule has 0 fully saturated rings. The molecule has 1 N–H and O–H groups in total. The van der Waals surface area contributed by atoms with Crippen LogP contribution in [0.15, 0.2) is 40.9 Å². The molecule has 0 aliphatic carbocycles. The Bertz CT molecular complexity index is 894. The number of aromatic nitrogens is 4. The van der Waals surface area contributed by atoms with Crippen LogP contribution in [0.4, 0.5) is 5.69 Å². The van der Waals surface area contributed by atoms with Gasteiger partial charge < -0.3 is 5.32 Å². The number of nitrogens with one attached hydrogen (secondary N) is 1. The minimum Gasteiger partial charge on any atom is -0.324 e. The Hall–Kier alpha value is -2.54. The summed E-state index contributed by atoms with van der Waals surface area (Å²) in [5.74, 6) is 0.390. The van der Waals surface area contributed by atoms with E-state index < -0.39 is 0 Å². The summed E-state index contributed by atoms with van der Waals surface area (Å²) in [5, 5.41) is 14.6. The molecule has 6 nitrogen and oxygen atoms in total. The van der Waals surface area contributed by atoms with Gasteiger partial charge in [0.15, 0.2) is 5.82 Å². The summed E-state index contributed by atoms with van der Waals surface area (Å²) in [6.45, 7) is 6.06. The number of hydrogen-bond donors (Lipinski definition) is 1. The van der Waals surface area contributed by atoms with Gasteiger partial charge in [-0.2, -0.15) is 0 Å². The molecule has 1 heterocycles. The summed E-state index contributed by atoms with van der Waals surface area (Å²) < 4.78 is 2.47. The van der Waals surface area contributed by atoms with Crippen molar-refractivity contribution in [2.45, 2.75) is 27.3 Å². The highest BCUT2D eigenvalue weighted by molar-refractivity contribution is 9.10. The second-order valence-electron chi connectivity index (χ2n) is 5.99. The third kappa shape index (κ3) is 3.93. The minimum atomic E-state index is -0.166. The highest BCUT2D eigenvalue weighted by Gasteiger charge is 2.14. The van der Waals surface area contributed by atoms with Crippen molar-refractivity contribution < 1.29 is 4.79 Å². The van der Waals surface area contributed by atoms with Gasteiger partial charge in [-0.1, -0.05) is 45.8 Å². The number of aryl methyl sites for hydroxylation is 3. The molecule has 25 heavy (non-hydrogen) atoms. The van der Waals surface area contributed by atoms with E-state index in [1.165, 1.54) is 10.2 Å². The van der Waals surface area contributed by atoms with Gasteiger partial charge in [-0.15, -0.1) is 5.10 Å². The van der Waals surface area contributed by atoms with Crippen molar-refractivity contribution in [2.24, 2.45) is 0 Å². The Balaban J connectivity index is 1.79. The molecule has 0 atom stereocenters. The van der Waals surface area contributed by atoms with E-state index in [1.807, 2.05) is 57.2 Å². The van der Waals surface area contributed by atoms with Gasteiger partial charge in [-0.3, -0.25) is 4.79 Å². The van der Waals surface area contributed by atoms with Gasteiger partial charge in [0, 0.05) is 15.7 Å². The van der Waals surface area contributed by atoms with Gasteiger partial charge in [-0.25, -0.2) is 4.68 Å². The van der Waals surface area contributed by atoms with Gasteiger partial charge in [0.25, 0.3) is 0 Å².